The van der Waals surface area contributed by atoms with Crippen molar-refractivity contribution in [1.82, 2.24) is 14.8 Å². The molecule has 3 atom stereocenters. The number of likely N-dealkylation sites (tertiary alicyclic amines) is 2. The Morgan fingerprint density at radius 1 is 1.41 bits per heavy atom. The first kappa shape index (κ1) is 21.3. The summed E-state index contributed by atoms with van der Waals surface area (Å²) in [5, 5.41) is 10.2. The summed E-state index contributed by atoms with van der Waals surface area (Å²) in [6.45, 7) is 7.79. The van der Waals surface area contributed by atoms with E-state index in [1.165, 1.54) is 19.4 Å². The Morgan fingerprint density at radius 2 is 2.14 bits per heavy atom. The summed E-state index contributed by atoms with van der Waals surface area (Å²) < 4.78 is 10.5. The Balaban J connectivity index is 1.69. The maximum atomic E-state index is 13.2. The number of nitrogens with zero attached hydrogens (tertiary/aromatic N) is 3. The van der Waals surface area contributed by atoms with Gasteiger partial charge in [-0.2, -0.15) is 0 Å². The lowest BCUT2D eigenvalue weighted by Crippen LogP contribution is -2.73. The number of hydrogen-bond acceptors (Lipinski definition) is 7. The number of aliphatic hydroxyl groups excluding tert-OH is 1. The molecular weight excluding hydrogens is 378 g/mol. The highest BCUT2D eigenvalue weighted by atomic mass is 16.6. The van der Waals surface area contributed by atoms with Crippen LogP contribution in [-0.4, -0.2) is 68.0 Å². The highest BCUT2D eigenvalue weighted by molar-refractivity contribution is 5.98. The fraction of sp³-hybridized carbons (Fsp3) is 0.700. The van der Waals surface area contributed by atoms with Gasteiger partial charge in [0, 0.05) is 6.54 Å². The molecule has 0 radical (unpaired) electrons. The number of aromatic nitrogens is 1. The third kappa shape index (κ3) is 4.29. The molecule has 2 aliphatic heterocycles. The quantitative estimate of drug-likeness (QED) is 0.555. The van der Waals surface area contributed by atoms with Crippen LogP contribution >= 0.6 is 0 Å². The Morgan fingerprint density at radius 3 is 2.69 bits per heavy atom. The summed E-state index contributed by atoms with van der Waals surface area (Å²) in [7, 11) is 0. The number of rotatable bonds is 6. The predicted molar refractivity (Wildman–Crippen MR) is 101 cm³/mol. The maximum Gasteiger partial charge on any atom is 0.307 e. The van der Waals surface area contributed by atoms with E-state index in [2.05, 4.69) is 4.98 Å². The van der Waals surface area contributed by atoms with Crippen LogP contribution in [0.25, 0.3) is 0 Å². The van der Waals surface area contributed by atoms with Gasteiger partial charge in [0.25, 0.3) is 5.91 Å². The normalized spacial score (nSPS) is 23.8. The van der Waals surface area contributed by atoms with Crippen molar-refractivity contribution in [2.75, 3.05) is 13.1 Å². The van der Waals surface area contributed by atoms with Crippen molar-refractivity contribution in [3.63, 3.8) is 0 Å². The van der Waals surface area contributed by atoms with E-state index in [0.717, 1.165) is 0 Å². The zero-order valence-corrected chi connectivity index (χ0v) is 17.4. The smallest absolute Gasteiger partial charge is 0.307 e. The van der Waals surface area contributed by atoms with Gasteiger partial charge in [-0.05, 0) is 40.5 Å². The van der Waals surface area contributed by atoms with E-state index in [-0.39, 0.29) is 24.8 Å². The van der Waals surface area contributed by atoms with E-state index in [1.807, 2.05) is 0 Å². The lowest BCUT2D eigenvalue weighted by atomic mass is 9.84. The summed E-state index contributed by atoms with van der Waals surface area (Å²) in [5.41, 5.74) is -1.58. The molecule has 9 nitrogen and oxygen atoms in total. The van der Waals surface area contributed by atoms with Gasteiger partial charge >= 0.3 is 5.97 Å². The number of carbonyl (C=O) groups is 3. The van der Waals surface area contributed by atoms with Gasteiger partial charge in [-0.3, -0.25) is 14.4 Å². The second-order valence-corrected chi connectivity index (χ2v) is 8.85. The van der Waals surface area contributed by atoms with Crippen LogP contribution in [0.15, 0.2) is 16.9 Å². The topological polar surface area (TPSA) is 113 Å². The number of amides is 2. The molecule has 1 N–H and O–H groups in total. The van der Waals surface area contributed by atoms with Crippen LogP contribution in [-0.2, 0) is 25.7 Å². The molecule has 0 saturated carbocycles. The number of carbonyl (C=O) groups excluding carboxylic acids is 3. The molecule has 0 bridgehead atoms. The van der Waals surface area contributed by atoms with Gasteiger partial charge < -0.3 is 24.1 Å². The summed E-state index contributed by atoms with van der Waals surface area (Å²) in [5.74, 6) is -1.59. The van der Waals surface area contributed by atoms with Crippen molar-refractivity contribution in [2.45, 2.75) is 70.7 Å². The molecule has 3 rings (SSSR count). The fourth-order valence-corrected chi connectivity index (χ4v) is 4.09. The third-order valence-electron chi connectivity index (χ3n) is 5.41. The average Bonchev–Trinajstić information content (AvgIpc) is 3.27. The third-order valence-corrected chi connectivity index (χ3v) is 5.41. The van der Waals surface area contributed by atoms with E-state index in [9.17, 15) is 19.5 Å². The van der Waals surface area contributed by atoms with E-state index < -0.39 is 29.1 Å². The number of oxazole rings is 1. The Labute approximate surface area is 170 Å². The van der Waals surface area contributed by atoms with Crippen molar-refractivity contribution >= 4 is 17.8 Å². The SMILES string of the molecule is CC(O)C(CC(=O)OC(C)(C)C)C(=O)N1CCCC12CN(Cc1ncco1)C2=O. The Bertz CT molecular complexity index is 770. The van der Waals surface area contributed by atoms with Crippen molar-refractivity contribution in [3.05, 3.63) is 18.4 Å². The first-order valence-electron chi connectivity index (χ1n) is 9.93. The molecular formula is C20H29N3O6. The van der Waals surface area contributed by atoms with Crippen molar-refractivity contribution in [2.24, 2.45) is 5.92 Å². The van der Waals surface area contributed by atoms with E-state index in [4.69, 9.17) is 9.15 Å². The zero-order valence-electron chi connectivity index (χ0n) is 17.4. The summed E-state index contributed by atoms with van der Waals surface area (Å²) in [4.78, 5) is 45.6. The molecule has 1 spiro atoms. The van der Waals surface area contributed by atoms with Crippen LogP contribution in [0.3, 0.4) is 0 Å². The minimum absolute atomic E-state index is 0.150. The highest BCUT2D eigenvalue weighted by Crippen LogP contribution is 2.41. The molecule has 1 aromatic heterocycles. The number of esters is 1. The standard InChI is InChI=1S/C20H29N3O6/c1-13(24)14(10-16(25)29-19(2,3)4)17(26)23-8-5-6-20(23)12-22(18(20)27)11-15-21-7-9-28-15/h7,9,13-14,24H,5-6,8,10-12H2,1-4H3. The van der Waals surface area contributed by atoms with Crippen molar-refractivity contribution < 1.29 is 28.6 Å². The Hall–Kier alpha value is -2.42. The molecule has 2 fully saturated rings. The largest absolute Gasteiger partial charge is 0.460 e. The second-order valence-electron chi connectivity index (χ2n) is 8.85. The second kappa shape index (κ2) is 7.78. The molecule has 9 heteroatoms. The van der Waals surface area contributed by atoms with E-state index >= 15 is 0 Å². The molecule has 0 aliphatic carbocycles. The monoisotopic (exact) mass is 407 g/mol. The lowest BCUT2D eigenvalue weighted by Gasteiger charge is -2.51. The fourth-order valence-electron chi connectivity index (χ4n) is 4.09. The highest BCUT2D eigenvalue weighted by Gasteiger charge is 2.60. The molecule has 0 aromatic carbocycles. The minimum Gasteiger partial charge on any atom is -0.460 e. The maximum absolute atomic E-state index is 13.2. The summed E-state index contributed by atoms with van der Waals surface area (Å²) in [6.07, 6.45) is 2.97. The first-order chi connectivity index (χ1) is 13.5. The molecule has 3 unspecified atom stereocenters. The lowest BCUT2D eigenvalue weighted by molar-refractivity contribution is -0.173. The Kier molecular flexibility index (Phi) is 5.71. The molecule has 29 heavy (non-hydrogen) atoms. The van der Waals surface area contributed by atoms with Gasteiger partial charge in [-0.25, -0.2) is 4.98 Å². The zero-order chi connectivity index (χ0) is 21.4. The van der Waals surface area contributed by atoms with Crippen LogP contribution in [0.4, 0.5) is 0 Å². The van der Waals surface area contributed by atoms with Crippen LogP contribution in [0.5, 0.6) is 0 Å². The van der Waals surface area contributed by atoms with Crippen LogP contribution in [0.1, 0.15) is 52.8 Å². The first-order valence-corrected chi connectivity index (χ1v) is 9.93. The summed E-state index contributed by atoms with van der Waals surface area (Å²) >= 11 is 0. The molecule has 2 aliphatic rings. The predicted octanol–water partition coefficient (Wildman–Crippen LogP) is 1.11. The van der Waals surface area contributed by atoms with Gasteiger partial charge in [-0.1, -0.05) is 0 Å². The van der Waals surface area contributed by atoms with Gasteiger partial charge in [0.15, 0.2) is 0 Å². The molecule has 2 amide bonds. The van der Waals surface area contributed by atoms with Crippen LogP contribution in [0.2, 0.25) is 0 Å². The number of ether oxygens (including phenoxy) is 1. The van der Waals surface area contributed by atoms with Gasteiger partial charge in [0.05, 0.1) is 37.7 Å². The number of aliphatic hydroxyl groups is 1. The molecule has 160 valence electrons. The van der Waals surface area contributed by atoms with Gasteiger partial charge in [0.2, 0.25) is 11.8 Å². The molecule has 2 saturated heterocycles. The molecule has 1 aromatic rings. The van der Waals surface area contributed by atoms with Gasteiger partial charge in [-0.15, -0.1) is 0 Å². The molecule has 3 heterocycles. The van der Waals surface area contributed by atoms with Gasteiger partial charge in [0.1, 0.15) is 17.4 Å². The van der Waals surface area contributed by atoms with Crippen molar-refractivity contribution in [3.8, 4) is 0 Å². The van der Waals surface area contributed by atoms with E-state index in [0.29, 0.717) is 31.8 Å². The summed E-state index contributed by atoms with van der Waals surface area (Å²) in [6, 6.07) is 0. The van der Waals surface area contributed by atoms with Crippen LogP contribution < -0.4 is 0 Å². The average molecular weight is 407 g/mol. The van der Waals surface area contributed by atoms with Crippen LogP contribution in [0, 0.1) is 5.92 Å². The number of β-lactam (4-membered cyclic amide) rings is 1. The number of hydrogen-bond donors (Lipinski definition) is 1. The van der Waals surface area contributed by atoms with Crippen molar-refractivity contribution in [1.29, 1.82) is 0 Å². The minimum atomic E-state index is -1.04. The van der Waals surface area contributed by atoms with E-state index in [1.54, 1.807) is 30.6 Å².